The molecule has 4 unspecified atom stereocenters. The molecule has 0 bridgehead atoms. The van der Waals surface area contributed by atoms with Gasteiger partial charge in [-0.1, -0.05) is 13.8 Å². The topological polar surface area (TPSA) is 75.6 Å². The van der Waals surface area contributed by atoms with Crippen molar-refractivity contribution < 1.29 is 19.4 Å². The Labute approximate surface area is 102 Å². The van der Waals surface area contributed by atoms with Crippen LogP contribution in [0.1, 0.15) is 27.2 Å². The van der Waals surface area contributed by atoms with E-state index in [1.54, 1.807) is 13.8 Å². The fourth-order valence-corrected chi connectivity index (χ4v) is 1.86. The molecule has 0 aliphatic carbocycles. The lowest BCUT2D eigenvalue weighted by Crippen LogP contribution is -2.43. The van der Waals surface area contributed by atoms with Crippen molar-refractivity contribution >= 4 is 11.9 Å². The van der Waals surface area contributed by atoms with Crippen molar-refractivity contribution in [3.63, 3.8) is 0 Å². The number of carboxylic acid groups (broad SMARTS) is 1. The fourth-order valence-electron chi connectivity index (χ4n) is 1.86. The van der Waals surface area contributed by atoms with E-state index in [4.69, 9.17) is 9.84 Å². The second-order valence-corrected chi connectivity index (χ2v) is 4.84. The molecule has 5 heteroatoms. The van der Waals surface area contributed by atoms with Crippen LogP contribution in [0.25, 0.3) is 0 Å². The van der Waals surface area contributed by atoms with Crippen molar-refractivity contribution in [3.05, 3.63) is 0 Å². The number of carbonyl (C=O) groups excluding carboxylic acids is 1. The highest BCUT2D eigenvalue weighted by Gasteiger charge is 2.29. The monoisotopic (exact) mass is 243 g/mol. The SMILES string of the molecule is CC(NC(=O)C(C)C(C)C(=O)O)C1CCOC1. The lowest BCUT2D eigenvalue weighted by Gasteiger charge is -2.23. The van der Waals surface area contributed by atoms with Crippen LogP contribution in [0.4, 0.5) is 0 Å². The zero-order valence-electron chi connectivity index (χ0n) is 10.6. The largest absolute Gasteiger partial charge is 0.481 e. The molecule has 0 spiro atoms. The minimum atomic E-state index is -0.940. The third kappa shape index (κ3) is 3.70. The second kappa shape index (κ2) is 6.00. The summed E-state index contributed by atoms with van der Waals surface area (Å²) in [5, 5.41) is 11.7. The molecular weight excluding hydrogens is 222 g/mol. The van der Waals surface area contributed by atoms with E-state index >= 15 is 0 Å². The Morgan fingerprint density at radius 1 is 1.29 bits per heavy atom. The van der Waals surface area contributed by atoms with E-state index in [1.165, 1.54) is 0 Å². The van der Waals surface area contributed by atoms with Gasteiger partial charge in [0.05, 0.1) is 12.5 Å². The number of ether oxygens (including phenoxy) is 1. The van der Waals surface area contributed by atoms with Crippen LogP contribution in [-0.4, -0.2) is 36.2 Å². The van der Waals surface area contributed by atoms with Crippen molar-refractivity contribution in [2.75, 3.05) is 13.2 Å². The maximum Gasteiger partial charge on any atom is 0.307 e. The molecule has 5 nitrogen and oxygen atoms in total. The van der Waals surface area contributed by atoms with E-state index in [0.717, 1.165) is 13.0 Å². The predicted molar refractivity (Wildman–Crippen MR) is 62.5 cm³/mol. The van der Waals surface area contributed by atoms with Crippen molar-refractivity contribution in [1.82, 2.24) is 5.32 Å². The molecule has 0 aromatic carbocycles. The van der Waals surface area contributed by atoms with E-state index in [1.807, 2.05) is 6.92 Å². The van der Waals surface area contributed by atoms with Crippen LogP contribution < -0.4 is 5.32 Å². The van der Waals surface area contributed by atoms with Crippen LogP contribution in [0.15, 0.2) is 0 Å². The Bertz CT molecular complexity index is 286. The number of nitrogens with one attached hydrogen (secondary N) is 1. The van der Waals surface area contributed by atoms with Gasteiger partial charge in [0.2, 0.25) is 5.91 Å². The van der Waals surface area contributed by atoms with Gasteiger partial charge in [-0.05, 0) is 13.3 Å². The van der Waals surface area contributed by atoms with Gasteiger partial charge in [-0.2, -0.15) is 0 Å². The van der Waals surface area contributed by atoms with Gasteiger partial charge in [0, 0.05) is 24.5 Å². The Morgan fingerprint density at radius 3 is 2.41 bits per heavy atom. The van der Waals surface area contributed by atoms with Crippen LogP contribution in [-0.2, 0) is 14.3 Å². The highest BCUT2D eigenvalue weighted by molar-refractivity contribution is 5.84. The fraction of sp³-hybridized carbons (Fsp3) is 0.833. The van der Waals surface area contributed by atoms with Crippen LogP contribution in [0.5, 0.6) is 0 Å². The molecule has 17 heavy (non-hydrogen) atoms. The minimum absolute atomic E-state index is 0.0356. The number of hydrogen-bond acceptors (Lipinski definition) is 3. The van der Waals surface area contributed by atoms with E-state index in [-0.39, 0.29) is 11.9 Å². The summed E-state index contributed by atoms with van der Waals surface area (Å²) in [6, 6.07) is 0.0356. The number of carbonyl (C=O) groups is 2. The normalized spacial score (nSPS) is 25.0. The quantitative estimate of drug-likeness (QED) is 0.751. The molecule has 1 amide bonds. The highest BCUT2D eigenvalue weighted by Crippen LogP contribution is 2.18. The molecule has 1 aliphatic rings. The number of aliphatic carboxylic acids is 1. The van der Waals surface area contributed by atoms with Crippen LogP contribution in [0.2, 0.25) is 0 Å². The van der Waals surface area contributed by atoms with Crippen molar-refractivity contribution in [1.29, 1.82) is 0 Å². The highest BCUT2D eigenvalue weighted by atomic mass is 16.5. The Morgan fingerprint density at radius 2 is 1.94 bits per heavy atom. The molecule has 1 heterocycles. The van der Waals surface area contributed by atoms with E-state index < -0.39 is 17.8 Å². The van der Waals surface area contributed by atoms with Gasteiger partial charge >= 0.3 is 5.97 Å². The predicted octanol–water partition coefficient (Wildman–Crippen LogP) is 0.884. The molecule has 1 fully saturated rings. The zero-order valence-corrected chi connectivity index (χ0v) is 10.6. The van der Waals surface area contributed by atoms with Gasteiger partial charge in [0.25, 0.3) is 0 Å². The van der Waals surface area contributed by atoms with Crippen LogP contribution in [0.3, 0.4) is 0 Å². The van der Waals surface area contributed by atoms with E-state index in [2.05, 4.69) is 5.32 Å². The van der Waals surface area contributed by atoms with Crippen molar-refractivity contribution in [2.24, 2.45) is 17.8 Å². The number of amides is 1. The molecule has 0 radical (unpaired) electrons. The van der Waals surface area contributed by atoms with Gasteiger partial charge < -0.3 is 15.2 Å². The Kier molecular flexibility index (Phi) is 4.93. The average molecular weight is 243 g/mol. The summed E-state index contributed by atoms with van der Waals surface area (Å²) in [5.74, 6) is -1.98. The average Bonchev–Trinajstić information content (AvgIpc) is 2.80. The first-order valence-corrected chi connectivity index (χ1v) is 6.04. The van der Waals surface area contributed by atoms with E-state index in [0.29, 0.717) is 12.5 Å². The Hall–Kier alpha value is -1.10. The lowest BCUT2D eigenvalue weighted by molar-refractivity contribution is -0.146. The first-order valence-electron chi connectivity index (χ1n) is 6.04. The third-order valence-corrected chi connectivity index (χ3v) is 3.60. The van der Waals surface area contributed by atoms with Gasteiger partial charge in [0.15, 0.2) is 0 Å². The molecule has 98 valence electrons. The molecule has 1 aliphatic heterocycles. The molecule has 1 saturated heterocycles. The van der Waals surface area contributed by atoms with Gasteiger partial charge in [0.1, 0.15) is 0 Å². The molecule has 0 aromatic rings. The summed E-state index contributed by atoms with van der Waals surface area (Å²) < 4.78 is 5.26. The number of carboxylic acids is 1. The maximum atomic E-state index is 11.8. The summed E-state index contributed by atoms with van der Waals surface area (Å²) >= 11 is 0. The number of rotatable bonds is 5. The molecule has 4 atom stereocenters. The molecule has 0 saturated carbocycles. The Balaban J connectivity index is 2.44. The second-order valence-electron chi connectivity index (χ2n) is 4.84. The first kappa shape index (κ1) is 14.0. The zero-order chi connectivity index (χ0) is 13.0. The lowest BCUT2D eigenvalue weighted by atomic mass is 9.93. The van der Waals surface area contributed by atoms with Gasteiger partial charge in [-0.3, -0.25) is 9.59 Å². The summed E-state index contributed by atoms with van der Waals surface area (Å²) in [5.41, 5.74) is 0. The van der Waals surface area contributed by atoms with Crippen LogP contribution in [0, 0.1) is 17.8 Å². The maximum absolute atomic E-state index is 11.8. The molecule has 1 rings (SSSR count). The molecular formula is C12H21NO4. The molecule has 2 N–H and O–H groups in total. The minimum Gasteiger partial charge on any atom is -0.481 e. The summed E-state index contributed by atoms with van der Waals surface area (Å²) in [6.45, 7) is 6.55. The standard InChI is InChI=1S/C12H21NO4/c1-7(8(2)12(15)16)11(14)13-9(3)10-4-5-17-6-10/h7-10H,4-6H2,1-3H3,(H,13,14)(H,15,16). The third-order valence-electron chi connectivity index (χ3n) is 3.60. The van der Waals surface area contributed by atoms with Crippen molar-refractivity contribution in [3.8, 4) is 0 Å². The smallest absolute Gasteiger partial charge is 0.307 e. The summed E-state index contributed by atoms with van der Waals surface area (Å²) in [7, 11) is 0. The molecule has 0 aromatic heterocycles. The van der Waals surface area contributed by atoms with Crippen molar-refractivity contribution in [2.45, 2.75) is 33.2 Å². The van der Waals surface area contributed by atoms with Crippen LogP contribution >= 0.6 is 0 Å². The van der Waals surface area contributed by atoms with E-state index in [9.17, 15) is 9.59 Å². The first-order chi connectivity index (χ1) is 7.93. The number of hydrogen-bond donors (Lipinski definition) is 2. The van der Waals surface area contributed by atoms with Gasteiger partial charge in [-0.25, -0.2) is 0 Å². The summed E-state index contributed by atoms with van der Waals surface area (Å²) in [4.78, 5) is 22.6. The summed E-state index contributed by atoms with van der Waals surface area (Å²) in [6.07, 6.45) is 0.949. The van der Waals surface area contributed by atoms with Gasteiger partial charge in [-0.15, -0.1) is 0 Å².